The average Bonchev–Trinajstić information content (AvgIpc) is 3.38. The molecule has 1 unspecified atom stereocenters. The molecular weight excluding hydrogens is 474 g/mol. The Morgan fingerprint density at radius 3 is 2.53 bits per heavy atom. The molecule has 1 aliphatic rings. The van der Waals surface area contributed by atoms with E-state index in [4.69, 9.17) is 4.99 Å². The van der Waals surface area contributed by atoms with Crippen molar-refractivity contribution in [2.24, 2.45) is 10.9 Å². The Morgan fingerprint density at radius 1 is 1.14 bits per heavy atom. The summed E-state index contributed by atoms with van der Waals surface area (Å²) in [7, 11) is 0. The van der Waals surface area contributed by atoms with E-state index in [1.807, 2.05) is 60.9 Å². The molecule has 3 heterocycles. The molecule has 9 heteroatoms. The largest absolute Gasteiger partial charge is 0.481 e. The maximum absolute atomic E-state index is 12.0. The van der Waals surface area contributed by atoms with Crippen LogP contribution in [0.2, 0.25) is 0 Å². The zero-order chi connectivity index (χ0) is 25.6. The SMILES string of the molecule is Cc1c(CO)sc2c1C(c1ccc(-c3cccc(C#N)c3)cc1)=N[C@@H](C(C)C(=O)O)c1nnc(C)n1-2. The molecule has 2 aromatic carbocycles. The van der Waals surface area contributed by atoms with Gasteiger partial charge in [-0.2, -0.15) is 5.26 Å². The van der Waals surface area contributed by atoms with E-state index in [-0.39, 0.29) is 6.61 Å². The van der Waals surface area contributed by atoms with E-state index in [1.54, 1.807) is 13.0 Å². The predicted molar refractivity (Wildman–Crippen MR) is 136 cm³/mol. The van der Waals surface area contributed by atoms with Crippen LogP contribution in [-0.4, -0.2) is 36.7 Å². The topological polar surface area (TPSA) is 124 Å². The van der Waals surface area contributed by atoms with E-state index in [2.05, 4.69) is 16.3 Å². The summed E-state index contributed by atoms with van der Waals surface area (Å²) in [6.45, 7) is 5.28. The number of fused-ring (bicyclic) bond motifs is 3. The van der Waals surface area contributed by atoms with Gasteiger partial charge < -0.3 is 10.2 Å². The predicted octanol–water partition coefficient (Wildman–Crippen LogP) is 4.59. The van der Waals surface area contributed by atoms with Crippen LogP contribution in [0.1, 0.15) is 51.7 Å². The number of aromatic nitrogens is 3. The molecule has 1 aliphatic heterocycles. The van der Waals surface area contributed by atoms with E-state index in [9.17, 15) is 20.3 Å². The van der Waals surface area contributed by atoms with Crippen LogP contribution in [0.3, 0.4) is 0 Å². The first-order valence-electron chi connectivity index (χ1n) is 11.4. The summed E-state index contributed by atoms with van der Waals surface area (Å²) in [6, 6.07) is 16.7. The Hall–Kier alpha value is -4.13. The third-order valence-electron chi connectivity index (χ3n) is 6.54. The quantitative estimate of drug-likeness (QED) is 0.416. The highest BCUT2D eigenvalue weighted by molar-refractivity contribution is 7.15. The van der Waals surface area contributed by atoms with Crippen molar-refractivity contribution in [2.45, 2.75) is 33.4 Å². The fraction of sp³-hybridized carbons (Fsp3) is 0.222. The number of benzene rings is 2. The molecule has 0 amide bonds. The van der Waals surface area contributed by atoms with Gasteiger partial charge in [-0.15, -0.1) is 21.5 Å². The standard InChI is InChI=1S/C27H23N5O3S/c1-14-21(13-33)36-26-22(14)24(29-23(15(2)27(34)35)25-31-30-16(3)32(25)26)19-9-7-18(8-10-19)20-6-4-5-17(11-20)12-28/h4-11,15,23,33H,13H2,1-3H3,(H,34,35)/t15?,23-/m0/s1. The lowest BCUT2D eigenvalue weighted by Gasteiger charge is -2.16. The minimum absolute atomic E-state index is 0.115. The molecule has 8 nitrogen and oxygen atoms in total. The zero-order valence-electron chi connectivity index (χ0n) is 19.9. The van der Waals surface area contributed by atoms with Crippen molar-refractivity contribution in [1.82, 2.24) is 14.8 Å². The molecule has 0 aliphatic carbocycles. The van der Waals surface area contributed by atoms with Gasteiger partial charge in [0, 0.05) is 16.0 Å². The van der Waals surface area contributed by atoms with Gasteiger partial charge in [-0.05, 0) is 49.6 Å². The highest BCUT2D eigenvalue weighted by Gasteiger charge is 2.36. The molecule has 2 N–H and O–H groups in total. The fourth-order valence-electron chi connectivity index (χ4n) is 4.49. The van der Waals surface area contributed by atoms with Crippen molar-refractivity contribution in [1.29, 1.82) is 5.26 Å². The first-order valence-corrected chi connectivity index (χ1v) is 12.2. The molecule has 0 spiro atoms. The summed E-state index contributed by atoms with van der Waals surface area (Å²) < 4.78 is 1.87. The molecule has 5 rings (SSSR count). The zero-order valence-corrected chi connectivity index (χ0v) is 20.7. The van der Waals surface area contributed by atoms with E-state index >= 15 is 0 Å². The van der Waals surface area contributed by atoms with Crippen LogP contribution in [0.15, 0.2) is 53.5 Å². The van der Waals surface area contributed by atoms with Gasteiger partial charge >= 0.3 is 5.97 Å². The van der Waals surface area contributed by atoms with Gasteiger partial charge in [-0.1, -0.05) is 36.4 Å². The number of hydrogen-bond acceptors (Lipinski definition) is 7. The summed E-state index contributed by atoms with van der Waals surface area (Å²) in [5, 5.41) is 38.5. The normalized spacial score (nSPS) is 15.3. The van der Waals surface area contributed by atoms with Crippen LogP contribution in [0.25, 0.3) is 16.1 Å². The lowest BCUT2D eigenvalue weighted by Crippen LogP contribution is -2.21. The number of aryl methyl sites for hydroxylation is 1. The van der Waals surface area contributed by atoms with E-state index in [1.165, 1.54) is 11.3 Å². The monoisotopic (exact) mass is 497 g/mol. The van der Waals surface area contributed by atoms with Crippen LogP contribution < -0.4 is 0 Å². The number of rotatable bonds is 5. The Kier molecular flexibility index (Phi) is 6.00. The minimum Gasteiger partial charge on any atom is -0.481 e. The van der Waals surface area contributed by atoms with Gasteiger partial charge in [0.15, 0.2) is 5.82 Å². The maximum atomic E-state index is 12.0. The van der Waals surface area contributed by atoms with Gasteiger partial charge in [-0.3, -0.25) is 14.4 Å². The van der Waals surface area contributed by atoms with Crippen molar-refractivity contribution in [3.63, 3.8) is 0 Å². The van der Waals surface area contributed by atoms with Crippen LogP contribution in [0.5, 0.6) is 0 Å². The van der Waals surface area contributed by atoms with Crippen molar-refractivity contribution >= 4 is 23.0 Å². The Balaban J connectivity index is 1.71. The first kappa shape index (κ1) is 23.6. The maximum Gasteiger partial charge on any atom is 0.308 e. The van der Waals surface area contributed by atoms with Crippen LogP contribution >= 0.6 is 11.3 Å². The number of hydrogen-bond donors (Lipinski definition) is 2. The molecule has 180 valence electrons. The summed E-state index contributed by atoms with van der Waals surface area (Å²) >= 11 is 1.44. The van der Waals surface area contributed by atoms with Crippen LogP contribution in [0.4, 0.5) is 0 Å². The third kappa shape index (κ3) is 3.81. The van der Waals surface area contributed by atoms with E-state index < -0.39 is 17.9 Å². The molecule has 2 aromatic heterocycles. The van der Waals surface area contributed by atoms with Crippen molar-refractivity contribution < 1.29 is 15.0 Å². The highest BCUT2D eigenvalue weighted by atomic mass is 32.1. The molecule has 0 fully saturated rings. The fourth-order valence-corrected chi connectivity index (χ4v) is 5.71. The molecule has 4 aromatic rings. The molecule has 0 saturated carbocycles. The number of carboxylic acids is 1. The van der Waals surface area contributed by atoms with E-state index in [0.29, 0.717) is 22.9 Å². The van der Waals surface area contributed by atoms with Gasteiger partial charge in [0.05, 0.1) is 29.9 Å². The molecule has 2 atom stereocenters. The second-order valence-electron chi connectivity index (χ2n) is 8.75. The minimum atomic E-state index is -0.971. The Morgan fingerprint density at radius 2 is 1.86 bits per heavy atom. The summed E-state index contributed by atoms with van der Waals surface area (Å²) in [6.07, 6.45) is 0. The van der Waals surface area contributed by atoms with Crippen LogP contribution in [-0.2, 0) is 11.4 Å². The van der Waals surface area contributed by atoms with Crippen LogP contribution in [0, 0.1) is 31.1 Å². The number of thiophene rings is 1. The Labute approximate surface area is 211 Å². The van der Waals surface area contributed by atoms with Crippen molar-refractivity contribution in [3.05, 3.63) is 87.3 Å². The molecular formula is C27H23N5O3S. The van der Waals surface area contributed by atoms with Gasteiger partial charge in [0.2, 0.25) is 0 Å². The molecule has 0 radical (unpaired) electrons. The van der Waals surface area contributed by atoms with E-state index in [0.717, 1.165) is 37.7 Å². The number of aliphatic imine (C=N–C) groups is 1. The number of nitriles is 1. The second kappa shape index (κ2) is 9.15. The number of aliphatic hydroxyl groups is 1. The summed E-state index contributed by atoms with van der Waals surface area (Å²) in [5.74, 6) is -0.707. The summed E-state index contributed by atoms with van der Waals surface area (Å²) in [4.78, 5) is 17.8. The molecule has 36 heavy (non-hydrogen) atoms. The number of aliphatic hydroxyl groups excluding tert-OH is 1. The van der Waals surface area contributed by atoms with Gasteiger partial charge in [0.25, 0.3) is 0 Å². The molecule has 0 bridgehead atoms. The number of carbonyl (C=O) groups is 1. The Bertz CT molecular complexity index is 1560. The van der Waals surface area contributed by atoms with Gasteiger partial charge in [-0.25, -0.2) is 0 Å². The van der Waals surface area contributed by atoms with Gasteiger partial charge in [0.1, 0.15) is 16.9 Å². The smallest absolute Gasteiger partial charge is 0.308 e. The van der Waals surface area contributed by atoms with Crippen molar-refractivity contribution in [3.8, 4) is 22.2 Å². The lowest BCUT2D eigenvalue weighted by molar-refractivity contribution is -0.141. The number of nitrogens with zero attached hydrogens (tertiary/aromatic N) is 5. The third-order valence-corrected chi connectivity index (χ3v) is 7.80. The first-order chi connectivity index (χ1) is 17.3. The van der Waals surface area contributed by atoms with Crippen molar-refractivity contribution in [2.75, 3.05) is 0 Å². The molecule has 0 saturated heterocycles. The average molecular weight is 498 g/mol. The number of aliphatic carboxylic acids is 1. The highest BCUT2D eigenvalue weighted by Crippen LogP contribution is 2.41. The second-order valence-corrected chi connectivity index (χ2v) is 9.83. The lowest BCUT2D eigenvalue weighted by atomic mass is 9.96. The number of carboxylic acid groups (broad SMARTS) is 1. The summed E-state index contributed by atoms with van der Waals surface area (Å²) in [5.41, 5.74) is 5.67.